The number of rotatable bonds is 2. The first-order valence-electron chi connectivity index (χ1n) is 8.89. The van der Waals surface area contributed by atoms with Crippen molar-refractivity contribution < 1.29 is 4.42 Å². The smallest absolute Gasteiger partial charge is 0.231 e. The minimum absolute atomic E-state index is 0.229. The van der Waals surface area contributed by atoms with Crippen molar-refractivity contribution in [2.75, 3.05) is 0 Å². The van der Waals surface area contributed by atoms with Crippen molar-refractivity contribution >= 4 is 32.8 Å². The predicted molar refractivity (Wildman–Crippen MR) is 106 cm³/mol. The number of nitrogens with zero attached hydrogens (tertiary/aromatic N) is 2. The summed E-state index contributed by atoms with van der Waals surface area (Å²) >= 11 is 0. The van der Waals surface area contributed by atoms with Crippen LogP contribution in [0.3, 0.4) is 0 Å². The molecule has 0 aliphatic carbocycles. The second-order valence-electron chi connectivity index (χ2n) is 6.93. The van der Waals surface area contributed by atoms with Crippen LogP contribution in [0.2, 0.25) is 0 Å². The average molecular weight is 338 g/mol. The number of aromatic nitrogens is 2. The molecule has 5 aromatic rings. The number of para-hydroxylation sites is 1. The molecule has 0 atom stereocenters. The van der Waals surface area contributed by atoms with E-state index in [0.717, 1.165) is 33.4 Å². The Bertz CT molecular complexity index is 1270. The van der Waals surface area contributed by atoms with Gasteiger partial charge in [-0.2, -0.15) is 4.98 Å². The Balaban J connectivity index is 1.89. The molecule has 0 amide bonds. The van der Waals surface area contributed by atoms with Crippen LogP contribution in [0.4, 0.5) is 0 Å². The predicted octanol–water partition coefficient (Wildman–Crippen LogP) is 6.32. The fraction of sp³-hybridized carbons (Fsp3) is 0.130. The molecule has 0 spiro atoms. The van der Waals surface area contributed by atoms with Crippen LogP contribution in [0.15, 0.2) is 71.1 Å². The molecule has 5 rings (SSSR count). The van der Waals surface area contributed by atoms with E-state index in [1.165, 1.54) is 10.8 Å². The van der Waals surface area contributed by atoms with Gasteiger partial charge in [0.05, 0.1) is 11.1 Å². The summed E-state index contributed by atoms with van der Waals surface area (Å²) in [5.74, 6) is 1.03. The van der Waals surface area contributed by atoms with Gasteiger partial charge in [0.25, 0.3) is 0 Å². The maximum absolute atomic E-state index is 6.04. The highest BCUT2D eigenvalue weighted by molar-refractivity contribution is 6.10. The Kier molecular flexibility index (Phi) is 3.29. The van der Waals surface area contributed by atoms with Gasteiger partial charge in [-0.25, -0.2) is 4.98 Å². The molecule has 26 heavy (non-hydrogen) atoms. The van der Waals surface area contributed by atoms with E-state index in [1.54, 1.807) is 0 Å². The third-order valence-electron chi connectivity index (χ3n) is 4.80. The molecule has 3 nitrogen and oxygen atoms in total. The monoisotopic (exact) mass is 338 g/mol. The fourth-order valence-electron chi connectivity index (χ4n) is 3.44. The Morgan fingerprint density at radius 2 is 1.58 bits per heavy atom. The molecular weight excluding hydrogens is 320 g/mol. The zero-order valence-electron chi connectivity index (χ0n) is 14.7. The van der Waals surface area contributed by atoms with Gasteiger partial charge < -0.3 is 4.42 Å². The Morgan fingerprint density at radius 1 is 0.808 bits per heavy atom. The van der Waals surface area contributed by atoms with E-state index in [4.69, 9.17) is 9.40 Å². The van der Waals surface area contributed by atoms with Gasteiger partial charge in [0.2, 0.25) is 5.71 Å². The average Bonchev–Trinajstić information content (AvgIpc) is 3.05. The third-order valence-corrected chi connectivity index (χ3v) is 4.80. The van der Waals surface area contributed by atoms with E-state index in [0.29, 0.717) is 5.71 Å². The number of furan rings is 1. The van der Waals surface area contributed by atoms with Crippen molar-refractivity contribution in [3.05, 3.63) is 72.6 Å². The summed E-state index contributed by atoms with van der Waals surface area (Å²) in [4.78, 5) is 9.61. The molecule has 0 fully saturated rings. The van der Waals surface area contributed by atoms with Crippen LogP contribution in [0.1, 0.15) is 25.6 Å². The molecule has 0 bridgehead atoms. The zero-order chi connectivity index (χ0) is 17.7. The summed E-state index contributed by atoms with van der Waals surface area (Å²) in [6.07, 6.45) is 0. The van der Waals surface area contributed by atoms with E-state index < -0.39 is 0 Å². The lowest BCUT2D eigenvalue weighted by molar-refractivity contribution is 0.643. The first kappa shape index (κ1) is 15.1. The van der Waals surface area contributed by atoms with Crippen molar-refractivity contribution in [3.8, 4) is 11.3 Å². The molecule has 0 radical (unpaired) electrons. The highest BCUT2D eigenvalue weighted by atomic mass is 16.3. The van der Waals surface area contributed by atoms with Crippen molar-refractivity contribution in [2.45, 2.75) is 19.8 Å². The number of hydrogen-bond donors (Lipinski definition) is 0. The molecule has 0 aliphatic heterocycles. The van der Waals surface area contributed by atoms with Crippen molar-refractivity contribution in [3.63, 3.8) is 0 Å². The lowest BCUT2D eigenvalue weighted by atomic mass is 10.0. The van der Waals surface area contributed by atoms with E-state index in [2.05, 4.69) is 67.4 Å². The summed E-state index contributed by atoms with van der Waals surface area (Å²) < 4.78 is 6.04. The van der Waals surface area contributed by atoms with Crippen LogP contribution in [-0.2, 0) is 0 Å². The third kappa shape index (κ3) is 2.28. The van der Waals surface area contributed by atoms with Crippen LogP contribution >= 0.6 is 0 Å². The standard InChI is InChI=1S/C23H18N2O/c1-14(2)22-24-21(17-12-11-15-7-3-4-8-16(15)13-17)20-18-9-5-6-10-19(18)26-23(20)25-22/h3-14H,1-2H3. The summed E-state index contributed by atoms with van der Waals surface area (Å²) in [6, 6.07) is 22.9. The molecule has 3 heteroatoms. The first-order valence-corrected chi connectivity index (χ1v) is 8.89. The minimum atomic E-state index is 0.229. The highest BCUT2D eigenvalue weighted by Crippen LogP contribution is 2.36. The number of fused-ring (bicyclic) bond motifs is 4. The lowest BCUT2D eigenvalue weighted by Crippen LogP contribution is -1.99. The van der Waals surface area contributed by atoms with Crippen molar-refractivity contribution in [2.24, 2.45) is 0 Å². The van der Waals surface area contributed by atoms with Gasteiger partial charge in [-0.3, -0.25) is 0 Å². The largest absolute Gasteiger partial charge is 0.438 e. The van der Waals surface area contributed by atoms with Gasteiger partial charge in [-0.1, -0.05) is 68.4 Å². The number of hydrogen-bond acceptors (Lipinski definition) is 3. The van der Waals surface area contributed by atoms with Gasteiger partial charge in [0.15, 0.2) is 0 Å². The highest BCUT2D eigenvalue weighted by Gasteiger charge is 2.18. The Labute approximate surface area is 151 Å². The fourth-order valence-corrected chi connectivity index (χ4v) is 3.44. The Morgan fingerprint density at radius 3 is 2.42 bits per heavy atom. The van der Waals surface area contributed by atoms with Crippen molar-refractivity contribution in [1.82, 2.24) is 9.97 Å². The molecule has 0 saturated heterocycles. The van der Waals surface area contributed by atoms with Gasteiger partial charge in [-0.05, 0) is 22.9 Å². The van der Waals surface area contributed by atoms with Crippen LogP contribution in [0.5, 0.6) is 0 Å². The molecular formula is C23H18N2O. The van der Waals surface area contributed by atoms with Gasteiger partial charge in [0.1, 0.15) is 11.4 Å². The van der Waals surface area contributed by atoms with Crippen LogP contribution in [0.25, 0.3) is 44.1 Å². The van der Waals surface area contributed by atoms with Crippen LogP contribution in [0, 0.1) is 0 Å². The number of benzene rings is 3. The first-order chi connectivity index (χ1) is 12.7. The summed E-state index contributed by atoms with van der Waals surface area (Å²) in [7, 11) is 0. The Hall–Kier alpha value is -3.20. The van der Waals surface area contributed by atoms with E-state index in [9.17, 15) is 0 Å². The SMILES string of the molecule is CC(C)c1nc(-c2ccc3ccccc3c2)c2c(n1)oc1ccccc12. The summed E-state index contributed by atoms with van der Waals surface area (Å²) in [5.41, 5.74) is 3.53. The molecule has 126 valence electrons. The van der Waals surface area contributed by atoms with Crippen LogP contribution < -0.4 is 0 Å². The second-order valence-corrected chi connectivity index (χ2v) is 6.93. The molecule has 3 aromatic carbocycles. The molecule has 2 heterocycles. The molecule has 0 unspecified atom stereocenters. The molecule has 0 aliphatic rings. The van der Waals surface area contributed by atoms with Crippen molar-refractivity contribution in [1.29, 1.82) is 0 Å². The zero-order valence-corrected chi connectivity index (χ0v) is 14.7. The topological polar surface area (TPSA) is 38.9 Å². The van der Waals surface area contributed by atoms with Crippen LogP contribution in [-0.4, -0.2) is 9.97 Å². The van der Waals surface area contributed by atoms with Gasteiger partial charge in [0, 0.05) is 16.9 Å². The maximum atomic E-state index is 6.04. The maximum Gasteiger partial charge on any atom is 0.231 e. The summed E-state index contributed by atoms with van der Waals surface area (Å²) in [5, 5.41) is 4.47. The summed E-state index contributed by atoms with van der Waals surface area (Å²) in [6.45, 7) is 4.21. The quantitative estimate of drug-likeness (QED) is 0.378. The lowest BCUT2D eigenvalue weighted by Gasteiger charge is -2.09. The molecule has 0 N–H and O–H groups in total. The normalized spacial score (nSPS) is 11.8. The van der Waals surface area contributed by atoms with E-state index in [-0.39, 0.29) is 5.92 Å². The van der Waals surface area contributed by atoms with Gasteiger partial charge >= 0.3 is 0 Å². The van der Waals surface area contributed by atoms with Gasteiger partial charge in [-0.15, -0.1) is 0 Å². The minimum Gasteiger partial charge on any atom is -0.438 e. The molecule has 0 saturated carbocycles. The molecule has 2 aromatic heterocycles. The van der Waals surface area contributed by atoms with E-state index in [1.807, 2.05) is 18.2 Å². The van der Waals surface area contributed by atoms with E-state index >= 15 is 0 Å². The second kappa shape index (κ2) is 5.67.